The molecular formula is C16H9Cl3N2O3. The van der Waals surface area contributed by atoms with Gasteiger partial charge in [-0.3, -0.25) is 9.59 Å². The summed E-state index contributed by atoms with van der Waals surface area (Å²) in [5, 5.41) is 12.7. The quantitative estimate of drug-likeness (QED) is 0.617. The van der Waals surface area contributed by atoms with E-state index in [1.54, 1.807) is 18.2 Å². The number of phenols is 1. The van der Waals surface area contributed by atoms with Gasteiger partial charge in [-0.05, 0) is 30.3 Å². The number of benzene rings is 2. The van der Waals surface area contributed by atoms with Gasteiger partial charge in [0.15, 0.2) is 0 Å². The molecule has 0 radical (unpaired) electrons. The van der Waals surface area contributed by atoms with Crippen molar-refractivity contribution in [3.8, 4) is 5.75 Å². The Morgan fingerprint density at radius 1 is 0.958 bits per heavy atom. The van der Waals surface area contributed by atoms with Crippen LogP contribution in [0.5, 0.6) is 5.75 Å². The molecule has 0 unspecified atom stereocenters. The van der Waals surface area contributed by atoms with E-state index in [4.69, 9.17) is 34.8 Å². The van der Waals surface area contributed by atoms with Crippen LogP contribution in [-0.2, 0) is 9.59 Å². The first kappa shape index (κ1) is 16.6. The summed E-state index contributed by atoms with van der Waals surface area (Å²) >= 11 is 17.9. The van der Waals surface area contributed by atoms with E-state index in [9.17, 15) is 14.7 Å². The second kappa shape index (κ2) is 6.36. The summed E-state index contributed by atoms with van der Waals surface area (Å²) in [6.07, 6.45) is 0. The first-order chi connectivity index (χ1) is 11.4. The second-order valence-corrected chi connectivity index (χ2v) is 6.09. The van der Waals surface area contributed by atoms with E-state index in [0.29, 0.717) is 5.02 Å². The number of anilines is 2. The van der Waals surface area contributed by atoms with Crippen LogP contribution in [-0.4, -0.2) is 16.9 Å². The average molecular weight is 384 g/mol. The Morgan fingerprint density at radius 3 is 2.33 bits per heavy atom. The van der Waals surface area contributed by atoms with Crippen LogP contribution in [0, 0.1) is 0 Å². The Balaban J connectivity index is 1.97. The summed E-state index contributed by atoms with van der Waals surface area (Å²) in [4.78, 5) is 25.8. The van der Waals surface area contributed by atoms with Crippen molar-refractivity contribution in [1.82, 2.24) is 0 Å². The number of aromatic hydroxyl groups is 1. The third-order valence-electron chi connectivity index (χ3n) is 3.34. The van der Waals surface area contributed by atoms with Crippen molar-refractivity contribution in [2.45, 2.75) is 0 Å². The van der Waals surface area contributed by atoms with Gasteiger partial charge in [0.1, 0.15) is 16.5 Å². The van der Waals surface area contributed by atoms with Gasteiger partial charge in [-0.15, -0.1) is 0 Å². The molecule has 8 heteroatoms. The molecule has 2 aromatic rings. The molecule has 0 saturated heterocycles. The zero-order valence-electron chi connectivity index (χ0n) is 11.9. The number of phenolic OH excluding ortho intramolecular Hbond substituents is 1. The molecule has 1 aliphatic rings. The topological polar surface area (TPSA) is 69.6 Å². The van der Waals surface area contributed by atoms with Crippen LogP contribution in [0.3, 0.4) is 0 Å². The normalized spacial score (nSPS) is 14.5. The molecule has 2 aromatic carbocycles. The van der Waals surface area contributed by atoms with E-state index < -0.39 is 11.8 Å². The van der Waals surface area contributed by atoms with Crippen LogP contribution in [0.2, 0.25) is 10.0 Å². The van der Waals surface area contributed by atoms with Crippen molar-refractivity contribution in [2.75, 3.05) is 10.2 Å². The lowest BCUT2D eigenvalue weighted by Crippen LogP contribution is -2.32. The van der Waals surface area contributed by atoms with Gasteiger partial charge in [-0.25, -0.2) is 4.90 Å². The highest BCUT2D eigenvalue weighted by atomic mass is 35.5. The summed E-state index contributed by atoms with van der Waals surface area (Å²) in [5.41, 5.74) is 0.272. The van der Waals surface area contributed by atoms with Crippen molar-refractivity contribution < 1.29 is 14.7 Å². The van der Waals surface area contributed by atoms with Gasteiger partial charge in [-0.2, -0.15) is 0 Å². The van der Waals surface area contributed by atoms with Crippen molar-refractivity contribution in [3.63, 3.8) is 0 Å². The Hall–Kier alpha value is -2.21. The van der Waals surface area contributed by atoms with Crippen LogP contribution < -0.4 is 10.2 Å². The minimum absolute atomic E-state index is 0.0855. The monoisotopic (exact) mass is 382 g/mol. The summed E-state index contributed by atoms with van der Waals surface area (Å²) in [6.45, 7) is 0. The van der Waals surface area contributed by atoms with E-state index in [1.165, 1.54) is 24.3 Å². The number of hydrogen-bond donors (Lipinski definition) is 2. The molecule has 122 valence electrons. The van der Waals surface area contributed by atoms with Crippen LogP contribution in [0.4, 0.5) is 11.4 Å². The largest absolute Gasteiger partial charge is 0.506 e. The molecule has 0 spiro atoms. The van der Waals surface area contributed by atoms with Crippen LogP contribution in [0.1, 0.15) is 0 Å². The maximum absolute atomic E-state index is 12.6. The van der Waals surface area contributed by atoms with E-state index >= 15 is 0 Å². The number of rotatable bonds is 3. The van der Waals surface area contributed by atoms with E-state index in [2.05, 4.69) is 5.32 Å². The van der Waals surface area contributed by atoms with E-state index in [0.717, 1.165) is 4.90 Å². The highest BCUT2D eigenvalue weighted by Crippen LogP contribution is 2.36. The maximum Gasteiger partial charge on any atom is 0.283 e. The number of hydrogen-bond acceptors (Lipinski definition) is 4. The number of nitrogens with one attached hydrogen (secondary N) is 1. The summed E-state index contributed by atoms with van der Waals surface area (Å²) in [5.74, 6) is -1.49. The average Bonchev–Trinajstić information content (AvgIpc) is 2.74. The Labute approximate surface area is 152 Å². The third kappa shape index (κ3) is 2.82. The van der Waals surface area contributed by atoms with Crippen molar-refractivity contribution in [1.29, 1.82) is 0 Å². The number of carbonyl (C=O) groups is 2. The fraction of sp³-hybridized carbons (Fsp3) is 0. The lowest BCUT2D eigenvalue weighted by atomic mass is 10.2. The summed E-state index contributed by atoms with van der Waals surface area (Å²) < 4.78 is 0. The van der Waals surface area contributed by atoms with Gasteiger partial charge >= 0.3 is 0 Å². The summed E-state index contributed by atoms with van der Waals surface area (Å²) in [7, 11) is 0. The molecule has 0 aromatic heterocycles. The maximum atomic E-state index is 12.6. The lowest BCUT2D eigenvalue weighted by molar-refractivity contribution is -0.120. The molecule has 24 heavy (non-hydrogen) atoms. The molecule has 0 atom stereocenters. The molecule has 1 heterocycles. The molecule has 5 nitrogen and oxygen atoms in total. The Morgan fingerprint density at radius 2 is 1.67 bits per heavy atom. The highest BCUT2D eigenvalue weighted by molar-refractivity contribution is 6.53. The van der Waals surface area contributed by atoms with Crippen LogP contribution >= 0.6 is 34.8 Å². The molecule has 2 N–H and O–H groups in total. The zero-order valence-corrected chi connectivity index (χ0v) is 14.2. The van der Waals surface area contributed by atoms with Gasteiger partial charge in [0.2, 0.25) is 0 Å². The first-order valence-corrected chi connectivity index (χ1v) is 7.82. The first-order valence-electron chi connectivity index (χ1n) is 6.69. The minimum atomic E-state index is -0.719. The van der Waals surface area contributed by atoms with Crippen molar-refractivity contribution in [3.05, 3.63) is 63.2 Å². The molecule has 2 amide bonds. The summed E-state index contributed by atoms with van der Waals surface area (Å²) in [6, 6.07) is 10.6. The number of amides is 2. The zero-order chi connectivity index (χ0) is 17.4. The van der Waals surface area contributed by atoms with Crippen molar-refractivity contribution in [2.24, 2.45) is 0 Å². The van der Waals surface area contributed by atoms with Gasteiger partial charge in [0.25, 0.3) is 11.8 Å². The third-order valence-corrected chi connectivity index (χ3v) is 4.23. The molecule has 0 saturated carbocycles. The molecule has 3 rings (SSSR count). The molecule has 0 bridgehead atoms. The fourth-order valence-corrected chi connectivity index (χ4v) is 2.91. The fourth-order valence-electron chi connectivity index (χ4n) is 2.21. The van der Waals surface area contributed by atoms with Crippen molar-refractivity contribution >= 4 is 58.0 Å². The van der Waals surface area contributed by atoms with Crippen LogP contribution in [0.15, 0.2) is 53.2 Å². The predicted octanol–water partition coefficient (Wildman–Crippen LogP) is 4.13. The Bertz CT molecular complexity index is 896. The minimum Gasteiger partial charge on any atom is -0.506 e. The number of carbonyl (C=O) groups excluding carboxylic acids is 2. The van der Waals surface area contributed by atoms with Gasteiger partial charge in [0.05, 0.1) is 16.4 Å². The second-order valence-electron chi connectivity index (χ2n) is 4.87. The van der Waals surface area contributed by atoms with Gasteiger partial charge in [-0.1, -0.05) is 46.9 Å². The number of imide groups is 1. The van der Waals surface area contributed by atoms with Gasteiger partial charge < -0.3 is 10.4 Å². The SMILES string of the molecule is O=C1C(Cl)=C(Nc2ccccc2O)C(=O)N1c1ccc(Cl)cc1Cl. The molecule has 1 aliphatic heterocycles. The number of halogens is 3. The number of para-hydroxylation sites is 2. The van der Waals surface area contributed by atoms with E-state index in [-0.39, 0.29) is 32.9 Å². The Kier molecular flexibility index (Phi) is 4.41. The molecule has 0 aliphatic carbocycles. The van der Waals surface area contributed by atoms with Crippen LogP contribution in [0.25, 0.3) is 0 Å². The smallest absolute Gasteiger partial charge is 0.283 e. The highest BCUT2D eigenvalue weighted by Gasteiger charge is 2.40. The molecule has 0 fully saturated rings. The lowest BCUT2D eigenvalue weighted by Gasteiger charge is -2.16. The van der Waals surface area contributed by atoms with E-state index in [1.807, 2.05) is 0 Å². The predicted molar refractivity (Wildman–Crippen MR) is 93.6 cm³/mol. The molecular weight excluding hydrogens is 375 g/mol. The van der Waals surface area contributed by atoms with Gasteiger partial charge in [0, 0.05) is 5.02 Å². The number of nitrogens with zero attached hydrogens (tertiary/aromatic N) is 1. The standard InChI is InChI=1S/C16H9Cl3N2O3/c17-8-5-6-11(9(18)7-8)21-15(23)13(19)14(16(21)24)20-10-3-1-2-4-12(10)22/h1-7,20,22H.